The van der Waals surface area contributed by atoms with Crippen LogP contribution in [0.25, 0.3) is 0 Å². The molecule has 0 atom stereocenters. The summed E-state index contributed by atoms with van der Waals surface area (Å²) in [5, 5.41) is 0. The molecule has 5 nitrogen and oxygen atoms in total. The van der Waals surface area contributed by atoms with Crippen LogP contribution in [0.15, 0.2) is 48.8 Å². The smallest absolute Gasteiger partial charge is 0.255 e. The Morgan fingerprint density at radius 3 is 2.72 bits per heavy atom. The molecule has 1 aromatic carbocycles. The Morgan fingerprint density at radius 1 is 1.16 bits per heavy atom. The minimum absolute atomic E-state index is 0.0201. The second-order valence-corrected chi connectivity index (χ2v) is 7.10. The highest BCUT2D eigenvalue weighted by Crippen LogP contribution is 2.35. The van der Waals surface area contributed by atoms with Crippen molar-refractivity contribution in [2.75, 3.05) is 26.7 Å². The lowest BCUT2D eigenvalue weighted by Crippen LogP contribution is -2.53. The molecule has 2 aromatic rings. The largest absolute Gasteiger partial charge is 0.485 e. The van der Waals surface area contributed by atoms with Crippen molar-refractivity contribution in [3.05, 3.63) is 59.9 Å². The summed E-state index contributed by atoms with van der Waals surface area (Å²) in [7, 11) is 2.13. The third-order valence-corrected chi connectivity index (χ3v) is 5.23. The Hall–Kier alpha value is -2.40. The van der Waals surface area contributed by atoms with E-state index in [0.29, 0.717) is 18.7 Å². The van der Waals surface area contributed by atoms with Crippen molar-refractivity contribution < 1.29 is 9.53 Å². The van der Waals surface area contributed by atoms with Gasteiger partial charge in [0, 0.05) is 50.4 Å². The average molecular weight is 337 g/mol. The number of piperidine rings is 1. The number of fused-ring (bicyclic) bond motifs is 1. The Kier molecular flexibility index (Phi) is 4.17. The molecule has 0 bridgehead atoms. The van der Waals surface area contributed by atoms with Crippen LogP contribution in [0.3, 0.4) is 0 Å². The van der Waals surface area contributed by atoms with E-state index in [4.69, 9.17) is 4.74 Å². The molecule has 5 heteroatoms. The monoisotopic (exact) mass is 337 g/mol. The molecule has 2 aliphatic rings. The number of aromatic nitrogens is 1. The number of amides is 1. The van der Waals surface area contributed by atoms with Crippen LogP contribution in [0, 0.1) is 0 Å². The number of benzene rings is 1. The number of carbonyl (C=O) groups is 1. The zero-order valence-electron chi connectivity index (χ0n) is 14.5. The second-order valence-electron chi connectivity index (χ2n) is 7.10. The quantitative estimate of drug-likeness (QED) is 0.802. The van der Waals surface area contributed by atoms with Gasteiger partial charge >= 0.3 is 0 Å². The molecule has 1 aromatic heterocycles. The van der Waals surface area contributed by atoms with E-state index < -0.39 is 0 Å². The van der Waals surface area contributed by atoms with Crippen molar-refractivity contribution in [3.8, 4) is 5.75 Å². The number of hydrogen-bond acceptors (Lipinski definition) is 4. The van der Waals surface area contributed by atoms with Crippen LogP contribution in [0.5, 0.6) is 5.75 Å². The lowest BCUT2D eigenvalue weighted by Gasteiger charge is -2.41. The summed E-state index contributed by atoms with van der Waals surface area (Å²) in [6.07, 6.45) is 5.18. The lowest BCUT2D eigenvalue weighted by atomic mass is 9.90. The molecule has 2 aliphatic heterocycles. The first-order valence-corrected chi connectivity index (χ1v) is 8.80. The number of likely N-dealkylation sites (tertiary alicyclic amines) is 1. The average Bonchev–Trinajstić information content (AvgIpc) is 2.81. The molecule has 130 valence electrons. The Bertz CT molecular complexity index is 755. The molecular formula is C20H23N3O2. The minimum atomic E-state index is -0.309. The molecule has 0 saturated carbocycles. The van der Waals surface area contributed by atoms with E-state index in [0.717, 1.165) is 37.2 Å². The van der Waals surface area contributed by atoms with Gasteiger partial charge in [-0.1, -0.05) is 18.2 Å². The third kappa shape index (κ3) is 3.24. The van der Waals surface area contributed by atoms with Gasteiger partial charge in [0.15, 0.2) is 0 Å². The van der Waals surface area contributed by atoms with Gasteiger partial charge in [-0.3, -0.25) is 9.78 Å². The van der Waals surface area contributed by atoms with Crippen LogP contribution < -0.4 is 4.74 Å². The number of pyridine rings is 1. The van der Waals surface area contributed by atoms with E-state index in [2.05, 4.69) is 16.9 Å². The maximum atomic E-state index is 13.1. The Labute approximate surface area is 148 Å². The molecule has 1 spiro atoms. The zero-order chi connectivity index (χ0) is 17.3. The number of nitrogens with zero attached hydrogens (tertiary/aromatic N) is 3. The topological polar surface area (TPSA) is 45.7 Å². The summed E-state index contributed by atoms with van der Waals surface area (Å²) in [5.74, 6) is 0.931. The molecule has 25 heavy (non-hydrogen) atoms. The first-order valence-electron chi connectivity index (χ1n) is 8.80. The van der Waals surface area contributed by atoms with E-state index in [9.17, 15) is 4.79 Å². The Morgan fingerprint density at radius 2 is 1.96 bits per heavy atom. The molecule has 4 rings (SSSR count). The zero-order valence-corrected chi connectivity index (χ0v) is 14.5. The normalized spacial score (nSPS) is 19.8. The maximum absolute atomic E-state index is 13.1. The van der Waals surface area contributed by atoms with Gasteiger partial charge in [-0.15, -0.1) is 0 Å². The third-order valence-electron chi connectivity index (χ3n) is 5.23. The highest BCUT2D eigenvalue weighted by atomic mass is 16.5. The summed E-state index contributed by atoms with van der Waals surface area (Å²) < 4.78 is 6.51. The predicted molar refractivity (Wildman–Crippen MR) is 95.5 cm³/mol. The highest BCUT2D eigenvalue weighted by Gasteiger charge is 2.41. The number of hydrogen-bond donors (Lipinski definition) is 0. The SMILES string of the molecule is CN1CCC2(CC1)CN(C(=O)c1cccnc1)Cc1ccccc1O2. The fraction of sp³-hybridized carbons (Fsp3) is 0.400. The molecule has 0 aliphatic carbocycles. The van der Waals surface area contributed by atoms with Crippen LogP contribution >= 0.6 is 0 Å². The summed E-state index contributed by atoms with van der Waals surface area (Å²) in [6, 6.07) is 11.7. The fourth-order valence-electron chi connectivity index (χ4n) is 3.71. The van der Waals surface area contributed by atoms with Crippen molar-refractivity contribution in [1.29, 1.82) is 0 Å². The van der Waals surface area contributed by atoms with E-state index in [1.165, 1.54) is 0 Å². The molecule has 1 saturated heterocycles. The van der Waals surface area contributed by atoms with Gasteiger partial charge in [0.25, 0.3) is 5.91 Å². The molecule has 0 unspecified atom stereocenters. The minimum Gasteiger partial charge on any atom is -0.485 e. The van der Waals surface area contributed by atoms with E-state index in [-0.39, 0.29) is 11.5 Å². The summed E-state index contributed by atoms with van der Waals surface area (Å²) >= 11 is 0. The molecular weight excluding hydrogens is 314 g/mol. The molecule has 3 heterocycles. The predicted octanol–water partition coefficient (Wildman–Crippen LogP) is 2.58. The van der Waals surface area contributed by atoms with Crippen molar-refractivity contribution in [1.82, 2.24) is 14.8 Å². The van der Waals surface area contributed by atoms with Gasteiger partial charge in [0.2, 0.25) is 0 Å². The van der Waals surface area contributed by atoms with Gasteiger partial charge in [-0.05, 0) is 25.2 Å². The highest BCUT2D eigenvalue weighted by molar-refractivity contribution is 5.94. The number of carbonyl (C=O) groups excluding carboxylic acids is 1. The summed E-state index contributed by atoms with van der Waals surface area (Å²) in [5.41, 5.74) is 1.39. The van der Waals surface area contributed by atoms with Gasteiger partial charge in [-0.25, -0.2) is 0 Å². The van der Waals surface area contributed by atoms with Gasteiger partial charge in [0.05, 0.1) is 12.1 Å². The van der Waals surface area contributed by atoms with Crippen molar-refractivity contribution in [2.24, 2.45) is 0 Å². The lowest BCUT2D eigenvalue weighted by molar-refractivity contribution is -0.0103. The first-order chi connectivity index (χ1) is 12.2. The first kappa shape index (κ1) is 16.1. The van der Waals surface area contributed by atoms with Crippen LogP contribution in [0.2, 0.25) is 0 Å². The van der Waals surface area contributed by atoms with Gasteiger partial charge in [0.1, 0.15) is 11.4 Å². The van der Waals surface area contributed by atoms with Crippen LogP contribution in [0.1, 0.15) is 28.8 Å². The fourth-order valence-corrected chi connectivity index (χ4v) is 3.71. The van der Waals surface area contributed by atoms with Crippen molar-refractivity contribution >= 4 is 5.91 Å². The molecule has 1 fully saturated rings. The molecule has 0 N–H and O–H groups in total. The van der Waals surface area contributed by atoms with Crippen molar-refractivity contribution in [2.45, 2.75) is 25.0 Å². The Balaban J connectivity index is 1.68. The van der Waals surface area contributed by atoms with Crippen LogP contribution in [0.4, 0.5) is 0 Å². The van der Waals surface area contributed by atoms with E-state index in [1.807, 2.05) is 35.2 Å². The van der Waals surface area contributed by atoms with Crippen molar-refractivity contribution in [3.63, 3.8) is 0 Å². The van der Waals surface area contributed by atoms with Gasteiger partial charge < -0.3 is 14.5 Å². The number of para-hydroxylation sites is 1. The van der Waals surface area contributed by atoms with Gasteiger partial charge in [-0.2, -0.15) is 0 Å². The summed E-state index contributed by atoms with van der Waals surface area (Å²) in [6.45, 7) is 3.15. The number of ether oxygens (including phenoxy) is 1. The standard InChI is InChI=1S/C20H23N3O2/c1-22-11-8-20(9-12-22)15-23(19(24)16-6-4-10-21-13-16)14-17-5-2-3-7-18(17)25-20/h2-7,10,13H,8-9,11-12,14-15H2,1H3. The van der Waals surface area contributed by atoms with E-state index in [1.54, 1.807) is 18.5 Å². The molecule has 0 radical (unpaired) electrons. The van der Waals surface area contributed by atoms with Crippen LogP contribution in [-0.2, 0) is 6.54 Å². The maximum Gasteiger partial charge on any atom is 0.255 e. The summed E-state index contributed by atoms with van der Waals surface area (Å²) in [4.78, 5) is 21.4. The van der Waals surface area contributed by atoms with Crippen LogP contribution in [-0.4, -0.2) is 53.0 Å². The second kappa shape index (κ2) is 6.48. The molecule has 1 amide bonds. The number of rotatable bonds is 1. The van der Waals surface area contributed by atoms with E-state index >= 15 is 0 Å².